The van der Waals surface area contributed by atoms with E-state index in [1.165, 1.54) is 0 Å². The molecule has 14 heteroatoms. The van der Waals surface area contributed by atoms with Crippen molar-refractivity contribution in [3.8, 4) is 5.75 Å². The molecule has 9 nitrogen and oxygen atoms in total. The molecule has 0 radical (unpaired) electrons. The average molecular weight is 516 g/mol. The van der Waals surface area contributed by atoms with Gasteiger partial charge in [-0.15, -0.1) is 0 Å². The van der Waals surface area contributed by atoms with Gasteiger partial charge in [0.15, 0.2) is 0 Å². The summed E-state index contributed by atoms with van der Waals surface area (Å²) in [5.74, 6) is -15.6. The second-order valence-electron chi connectivity index (χ2n) is 6.78. The molecule has 0 unspecified atom stereocenters. The quantitative estimate of drug-likeness (QED) is 0.0785. The van der Waals surface area contributed by atoms with Gasteiger partial charge in [0.1, 0.15) is 6.61 Å². The summed E-state index contributed by atoms with van der Waals surface area (Å²) in [7, 11) is 0. The molecule has 35 heavy (non-hydrogen) atoms. The summed E-state index contributed by atoms with van der Waals surface area (Å²) in [4.78, 5) is 33.3. The number of esters is 2. The fraction of sp³-hybridized carbons (Fsp3) is 0.571. The van der Waals surface area contributed by atoms with Crippen LogP contribution in [-0.2, 0) is 33.3 Å². The summed E-state index contributed by atoms with van der Waals surface area (Å²) in [6.07, 6.45) is 0.434. The first kappa shape index (κ1) is 30.2. The molecular weight excluding hydrogens is 491 g/mol. The van der Waals surface area contributed by atoms with Crippen molar-refractivity contribution in [1.82, 2.24) is 0 Å². The molecule has 1 N–H and O–H groups in total. The van der Waals surface area contributed by atoms with Crippen molar-refractivity contribution in [3.05, 3.63) is 29.1 Å². The van der Waals surface area contributed by atoms with E-state index in [4.69, 9.17) is 24.1 Å². The molecule has 0 amide bonds. The Bertz CT molecular complexity index is 822. The number of carbonyl (C=O) groups excluding carboxylic acids is 2. The number of benzene rings is 1. The van der Waals surface area contributed by atoms with Crippen molar-refractivity contribution in [3.63, 3.8) is 0 Å². The van der Waals surface area contributed by atoms with E-state index in [0.29, 0.717) is 12.8 Å². The highest BCUT2D eigenvalue weighted by molar-refractivity contribution is 5.72. The van der Waals surface area contributed by atoms with Crippen molar-refractivity contribution in [2.75, 3.05) is 46.2 Å². The minimum absolute atomic E-state index is 0.00143. The highest BCUT2D eigenvalue weighted by Gasteiger charge is 2.28. The topological polar surface area (TPSA) is 118 Å². The zero-order valence-electron chi connectivity index (χ0n) is 18.6. The maximum absolute atomic E-state index is 13.4. The summed E-state index contributed by atoms with van der Waals surface area (Å²) in [5, 5.41) is 8.48. The number of unbranched alkanes of at least 4 members (excludes halogenated alkanes) is 1. The van der Waals surface area contributed by atoms with Crippen molar-refractivity contribution in [1.29, 1.82) is 0 Å². The molecule has 0 atom stereocenters. The lowest BCUT2D eigenvalue weighted by atomic mass is 10.2. The number of aliphatic carboxylic acids is 1. The van der Waals surface area contributed by atoms with Gasteiger partial charge in [0.05, 0.1) is 46.1 Å². The van der Waals surface area contributed by atoms with Crippen LogP contribution in [0.4, 0.5) is 22.0 Å². The monoisotopic (exact) mass is 516 g/mol. The maximum Gasteiger partial charge on any atom is 0.313 e. The molecule has 0 aromatic heterocycles. The van der Waals surface area contributed by atoms with Crippen LogP contribution in [-0.4, -0.2) is 69.3 Å². The van der Waals surface area contributed by atoms with E-state index < -0.39 is 59.2 Å². The summed E-state index contributed by atoms with van der Waals surface area (Å²) in [5.41, 5.74) is 0. The van der Waals surface area contributed by atoms with Crippen LogP contribution >= 0.6 is 0 Å². The Morgan fingerprint density at radius 2 is 1.03 bits per heavy atom. The average Bonchev–Trinajstić information content (AvgIpc) is 2.82. The molecule has 0 spiro atoms. The second kappa shape index (κ2) is 16.7. The fourth-order valence-electron chi connectivity index (χ4n) is 2.37. The minimum Gasteiger partial charge on any atom is -0.481 e. The fourth-order valence-corrected chi connectivity index (χ4v) is 2.37. The number of carboxylic acid groups (broad SMARTS) is 1. The smallest absolute Gasteiger partial charge is 0.313 e. The number of carbonyl (C=O) groups is 3. The molecule has 0 fully saturated rings. The highest BCUT2D eigenvalue weighted by Crippen LogP contribution is 2.29. The van der Waals surface area contributed by atoms with Crippen molar-refractivity contribution in [2.24, 2.45) is 0 Å². The molecule has 1 aromatic rings. The van der Waals surface area contributed by atoms with Crippen LogP contribution in [0.3, 0.4) is 0 Å². The summed E-state index contributed by atoms with van der Waals surface area (Å²) < 4.78 is 90.5. The van der Waals surface area contributed by atoms with Gasteiger partial charge in [-0.2, -0.15) is 8.78 Å². The van der Waals surface area contributed by atoms with Crippen LogP contribution in [0.5, 0.6) is 5.75 Å². The number of hydrogen-bond donors (Lipinski definition) is 1. The van der Waals surface area contributed by atoms with E-state index in [1.54, 1.807) is 0 Å². The Hall–Kier alpha value is -2.84. The van der Waals surface area contributed by atoms with Crippen LogP contribution in [0.1, 0.15) is 32.1 Å². The molecule has 0 saturated heterocycles. The molecule has 0 saturated carbocycles. The number of rotatable bonds is 18. The number of ether oxygens (including phenoxy) is 5. The Balaban J connectivity index is 2.01. The van der Waals surface area contributed by atoms with E-state index in [0.717, 1.165) is 0 Å². The summed E-state index contributed by atoms with van der Waals surface area (Å²) >= 11 is 0. The first-order chi connectivity index (χ1) is 16.6. The molecule has 0 bridgehead atoms. The third-order valence-corrected chi connectivity index (χ3v) is 4.09. The lowest BCUT2D eigenvalue weighted by Crippen LogP contribution is -2.16. The zero-order valence-corrected chi connectivity index (χ0v) is 18.6. The van der Waals surface area contributed by atoms with E-state index in [-0.39, 0.29) is 59.1 Å². The molecule has 0 aliphatic rings. The van der Waals surface area contributed by atoms with E-state index in [1.807, 2.05) is 0 Å². The molecule has 0 aliphatic heterocycles. The lowest BCUT2D eigenvalue weighted by molar-refractivity contribution is -0.146. The predicted molar refractivity (Wildman–Crippen MR) is 106 cm³/mol. The third-order valence-electron chi connectivity index (χ3n) is 4.09. The first-order valence-electron chi connectivity index (χ1n) is 10.5. The Morgan fingerprint density at radius 3 is 1.57 bits per heavy atom. The SMILES string of the molecule is O=C(O)CCCCC(=O)OCCOCCOCCOCCC(=O)Oc1c(F)c(F)c(F)c(F)c1F. The standard InChI is InChI=1S/C21H25F5O9/c22-16-17(23)19(25)21(20(26)18(16)24)35-15(30)5-6-31-7-8-32-9-10-33-11-12-34-14(29)4-2-1-3-13(27)28/h1-12H2,(H,27,28). The number of hydrogen-bond acceptors (Lipinski definition) is 8. The van der Waals surface area contributed by atoms with Gasteiger partial charge in [0.25, 0.3) is 0 Å². The Morgan fingerprint density at radius 1 is 0.571 bits per heavy atom. The predicted octanol–water partition coefficient (Wildman–Crippen LogP) is 2.92. The van der Waals surface area contributed by atoms with Crippen molar-refractivity contribution >= 4 is 17.9 Å². The van der Waals surface area contributed by atoms with Gasteiger partial charge >= 0.3 is 17.9 Å². The molecule has 0 aliphatic carbocycles. The number of carboxylic acids is 1. The maximum atomic E-state index is 13.4. The Kier molecular flexibility index (Phi) is 14.4. The summed E-state index contributed by atoms with van der Waals surface area (Å²) in [6.45, 7) is 0.472. The van der Waals surface area contributed by atoms with Gasteiger partial charge in [0, 0.05) is 12.8 Å². The molecule has 1 aromatic carbocycles. The van der Waals surface area contributed by atoms with Gasteiger partial charge in [0.2, 0.25) is 34.8 Å². The van der Waals surface area contributed by atoms with Gasteiger partial charge in [-0.3, -0.25) is 14.4 Å². The minimum atomic E-state index is -2.36. The summed E-state index contributed by atoms with van der Waals surface area (Å²) in [6, 6.07) is 0. The van der Waals surface area contributed by atoms with Crippen LogP contribution in [0, 0.1) is 29.1 Å². The van der Waals surface area contributed by atoms with Crippen LogP contribution < -0.4 is 4.74 Å². The largest absolute Gasteiger partial charge is 0.481 e. The van der Waals surface area contributed by atoms with Crippen molar-refractivity contribution < 1.29 is 65.1 Å². The van der Waals surface area contributed by atoms with Crippen LogP contribution in [0.15, 0.2) is 0 Å². The van der Waals surface area contributed by atoms with Crippen molar-refractivity contribution in [2.45, 2.75) is 32.1 Å². The van der Waals surface area contributed by atoms with E-state index in [2.05, 4.69) is 4.74 Å². The van der Waals surface area contributed by atoms with Gasteiger partial charge in [-0.05, 0) is 12.8 Å². The normalized spacial score (nSPS) is 10.9. The van der Waals surface area contributed by atoms with E-state index >= 15 is 0 Å². The highest BCUT2D eigenvalue weighted by atomic mass is 19.2. The molecule has 0 heterocycles. The molecule has 198 valence electrons. The molecule has 1 rings (SSSR count). The number of halogens is 5. The van der Waals surface area contributed by atoms with Gasteiger partial charge in [-0.1, -0.05) is 0 Å². The van der Waals surface area contributed by atoms with Crippen LogP contribution in [0.2, 0.25) is 0 Å². The zero-order chi connectivity index (χ0) is 26.2. The second-order valence-corrected chi connectivity index (χ2v) is 6.78. The third kappa shape index (κ3) is 11.9. The van der Waals surface area contributed by atoms with Gasteiger partial charge < -0.3 is 28.8 Å². The molecular formula is C21H25F5O9. The first-order valence-corrected chi connectivity index (χ1v) is 10.5. The van der Waals surface area contributed by atoms with Gasteiger partial charge in [-0.25, -0.2) is 13.2 Å². The van der Waals surface area contributed by atoms with E-state index in [9.17, 15) is 36.3 Å². The lowest BCUT2D eigenvalue weighted by Gasteiger charge is -2.09. The van der Waals surface area contributed by atoms with Crippen LogP contribution in [0.25, 0.3) is 0 Å². The Labute approximate surface area is 197 Å².